The zero-order valence-corrected chi connectivity index (χ0v) is 16.7. The van der Waals surface area contributed by atoms with Crippen LogP contribution >= 0.6 is 12.4 Å². The van der Waals surface area contributed by atoms with Crippen LogP contribution in [0, 0.1) is 5.82 Å². The monoisotopic (exact) mass is 409 g/mol. The lowest BCUT2D eigenvalue weighted by molar-refractivity contribution is -0.131. The zero-order valence-electron chi connectivity index (χ0n) is 15.9. The van der Waals surface area contributed by atoms with Crippen molar-refractivity contribution in [1.29, 1.82) is 0 Å². The van der Waals surface area contributed by atoms with Gasteiger partial charge in [0.2, 0.25) is 5.91 Å². The number of hydrogen-bond acceptors (Lipinski definition) is 5. The van der Waals surface area contributed by atoms with Gasteiger partial charge in [0.25, 0.3) is 0 Å². The van der Waals surface area contributed by atoms with Crippen molar-refractivity contribution in [2.24, 2.45) is 0 Å². The highest BCUT2D eigenvalue weighted by atomic mass is 35.5. The average molecular weight is 410 g/mol. The van der Waals surface area contributed by atoms with Gasteiger partial charge in [0.1, 0.15) is 11.6 Å². The fourth-order valence-electron chi connectivity index (χ4n) is 3.91. The lowest BCUT2D eigenvalue weighted by atomic mass is 9.95. The second kappa shape index (κ2) is 8.87. The van der Waals surface area contributed by atoms with Gasteiger partial charge in [-0.2, -0.15) is 0 Å². The molecule has 2 aliphatic heterocycles. The number of carbonyl (C=O) groups excluding carboxylic acids is 1. The van der Waals surface area contributed by atoms with Gasteiger partial charge in [-0.3, -0.25) is 4.79 Å². The molecule has 7 nitrogen and oxygen atoms in total. The molecule has 1 saturated heterocycles. The molecule has 0 bridgehead atoms. The number of amides is 1. The van der Waals surface area contributed by atoms with Crippen molar-refractivity contribution in [3.8, 4) is 5.75 Å². The molecule has 4 rings (SSSR count). The minimum atomic E-state index is -0.437. The van der Waals surface area contributed by atoms with E-state index in [0.717, 1.165) is 44.1 Å². The number of aromatic nitrogens is 3. The van der Waals surface area contributed by atoms with Crippen LogP contribution in [0.2, 0.25) is 0 Å². The molecule has 0 saturated carbocycles. The van der Waals surface area contributed by atoms with Gasteiger partial charge < -0.3 is 19.5 Å². The number of fused-ring (bicyclic) bond motifs is 1. The Morgan fingerprint density at radius 1 is 1.29 bits per heavy atom. The first-order valence-electron chi connectivity index (χ1n) is 9.38. The van der Waals surface area contributed by atoms with Crippen LogP contribution in [0.3, 0.4) is 0 Å². The van der Waals surface area contributed by atoms with Gasteiger partial charge in [0.15, 0.2) is 11.6 Å². The summed E-state index contributed by atoms with van der Waals surface area (Å²) in [4.78, 5) is 14.5. The maximum atomic E-state index is 13.8. The molecule has 1 aromatic heterocycles. The van der Waals surface area contributed by atoms with E-state index in [1.165, 1.54) is 13.2 Å². The fraction of sp³-hybridized carbons (Fsp3) is 0.526. The predicted octanol–water partition coefficient (Wildman–Crippen LogP) is 1.90. The summed E-state index contributed by atoms with van der Waals surface area (Å²) in [7, 11) is 1.43. The normalized spacial score (nSPS) is 17.0. The van der Waals surface area contributed by atoms with E-state index in [9.17, 15) is 9.18 Å². The number of piperidine rings is 1. The van der Waals surface area contributed by atoms with Gasteiger partial charge in [-0.05, 0) is 30.5 Å². The Morgan fingerprint density at radius 2 is 2.07 bits per heavy atom. The number of ether oxygens (including phenoxy) is 1. The standard InChI is InChI=1S/C19H24FN5O2.ClH/c1-27-16-3-2-13(10-15(16)20)11-18(26)24-7-4-14(5-8-24)19-23-22-17-12-21-6-9-25(17)19;/h2-3,10,14,21H,4-9,11-12H2,1H3;1H. The smallest absolute Gasteiger partial charge is 0.226 e. The number of rotatable bonds is 4. The molecule has 3 heterocycles. The van der Waals surface area contributed by atoms with Crippen molar-refractivity contribution in [1.82, 2.24) is 25.0 Å². The van der Waals surface area contributed by atoms with Crippen LogP contribution in [0.5, 0.6) is 5.75 Å². The summed E-state index contributed by atoms with van der Waals surface area (Å²) >= 11 is 0. The predicted molar refractivity (Wildman–Crippen MR) is 104 cm³/mol. The van der Waals surface area contributed by atoms with Gasteiger partial charge in [-0.1, -0.05) is 6.07 Å². The minimum Gasteiger partial charge on any atom is -0.494 e. The maximum absolute atomic E-state index is 13.8. The number of benzene rings is 1. The topological polar surface area (TPSA) is 72.3 Å². The Hall–Kier alpha value is -2.19. The van der Waals surface area contributed by atoms with E-state index in [1.54, 1.807) is 12.1 Å². The molecule has 1 aromatic carbocycles. The first kappa shape index (κ1) is 20.5. The molecule has 1 N–H and O–H groups in total. The number of nitrogens with one attached hydrogen (secondary N) is 1. The lowest BCUT2D eigenvalue weighted by Crippen LogP contribution is -2.39. The Labute approximate surface area is 169 Å². The number of likely N-dealkylation sites (tertiary alicyclic amines) is 1. The summed E-state index contributed by atoms with van der Waals surface area (Å²) in [5, 5.41) is 12.0. The molecule has 0 unspecified atom stereocenters. The molecular weight excluding hydrogens is 385 g/mol. The summed E-state index contributed by atoms with van der Waals surface area (Å²) in [6.07, 6.45) is 1.97. The Morgan fingerprint density at radius 3 is 2.79 bits per heavy atom. The number of methoxy groups -OCH3 is 1. The van der Waals surface area contributed by atoms with Crippen LogP contribution in [0.4, 0.5) is 4.39 Å². The molecule has 0 atom stereocenters. The van der Waals surface area contributed by atoms with E-state index >= 15 is 0 Å². The minimum absolute atomic E-state index is 0. The Bertz CT molecular complexity index is 836. The number of hydrogen-bond donors (Lipinski definition) is 1. The van der Waals surface area contributed by atoms with E-state index in [4.69, 9.17) is 4.74 Å². The summed E-state index contributed by atoms with van der Waals surface area (Å²) in [5.41, 5.74) is 0.666. The van der Waals surface area contributed by atoms with E-state index in [1.807, 2.05) is 4.90 Å². The molecule has 0 aliphatic carbocycles. The van der Waals surface area contributed by atoms with Crippen molar-refractivity contribution >= 4 is 18.3 Å². The SMILES string of the molecule is COc1ccc(CC(=O)N2CCC(c3nnc4n3CCNC4)CC2)cc1F.Cl. The molecule has 152 valence electrons. The van der Waals surface area contributed by atoms with E-state index in [-0.39, 0.29) is 30.5 Å². The van der Waals surface area contributed by atoms with Crippen molar-refractivity contribution < 1.29 is 13.9 Å². The average Bonchev–Trinajstić information content (AvgIpc) is 3.12. The van der Waals surface area contributed by atoms with Gasteiger partial charge in [-0.15, -0.1) is 22.6 Å². The van der Waals surface area contributed by atoms with Gasteiger partial charge in [0.05, 0.1) is 20.1 Å². The lowest BCUT2D eigenvalue weighted by Gasteiger charge is -2.32. The highest BCUT2D eigenvalue weighted by molar-refractivity contribution is 5.85. The molecule has 2 aliphatic rings. The second-order valence-electron chi connectivity index (χ2n) is 7.10. The highest BCUT2D eigenvalue weighted by Crippen LogP contribution is 2.28. The van der Waals surface area contributed by atoms with Gasteiger partial charge in [-0.25, -0.2) is 4.39 Å². The van der Waals surface area contributed by atoms with Crippen LogP contribution in [-0.2, 0) is 24.3 Å². The molecule has 28 heavy (non-hydrogen) atoms. The van der Waals surface area contributed by atoms with Crippen LogP contribution in [-0.4, -0.2) is 52.3 Å². The summed E-state index contributed by atoms with van der Waals surface area (Å²) < 4.78 is 21.0. The first-order chi connectivity index (χ1) is 13.2. The molecule has 2 aromatic rings. The third-order valence-electron chi connectivity index (χ3n) is 5.44. The molecule has 1 amide bonds. The largest absolute Gasteiger partial charge is 0.494 e. The molecule has 0 radical (unpaired) electrons. The fourth-order valence-corrected chi connectivity index (χ4v) is 3.91. The van der Waals surface area contributed by atoms with E-state index < -0.39 is 5.82 Å². The second-order valence-corrected chi connectivity index (χ2v) is 7.10. The Kier molecular flexibility index (Phi) is 6.51. The molecule has 9 heteroatoms. The van der Waals surface area contributed by atoms with Crippen molar-refractivity contribution in [3.05, 3.63) is 41.2 Å². The summed E-state index contributed by atoms with van der Waals surface area (Å²) in [5.74, 6) is 2.18. The highest BCUT2D eigenvalue weighted by Gasteiger charge is 2.28. The first-order valence-corrected chi connectivity index (χ1v) is 9.38. The van der Waals surface area contributed by atoms with Crippen LogP contribution < -0.4 is 10.1 Å². The van der Waals surface area contributed by atoms with Crippen LogP contribution in [0.25, 0.3) is 0 Å². The third kappa shape index (κ3) is 4.12. The van der Waals surface area contributed by atoms with Crippen LogP contribution in [0.1, 0.15) is 36.0 Å². The Balaban J connectivity index is 0.00000225. The van der Waals surface area contributed by atoms with Crippen LogP contribution in [0.15, 0.2) is 18.2 Å². The number of nitrogens with zero attached hydrogens (tertiary/aromatic N) is 4. The van der Waals surface area contributed by atoms with E-state index in [2.05, 4.69) is 20.1 Å². The number of carbonyl (C=O) groups is 1. The van der Waals surface area contributed by atoms with Crippen molar-refractivity contribution in [2.75, 3.05) is 26.7 Å². The quantitative estimate of drug-likeness (QED) is 0.835. The van der Waals surface area contributed by atoms with Crippen molar-refractivity contribution in [3.63, 3.8) is 0 Å². The maximum Gasteiger partial charge on any atom is 0.226 e. The zero-order chi connectivity index (χ0) is 18.8. The van der Waals surface area contributed by atoms with Crippen molar-refractivity contribution in [2.45, 2.75) is 38.3 Å². The summed E-state index contributed by atoms with van der Waals surface area (Å²) in [6.45, 7) is 4.00. The van der Waals surface area contributed by atoms with E-state index in [0.29, 0.717) is 24.6 Å². The molecule has 1 fully saturated rings. The molecular formula is C19H25ClFN5O2. The number of halogens is 2. The summed E-state index contributed by atoms with van der Waals surface area (Å²) in [6, 6.07) is 4.68. The third-order valence-corrected chi connectivity index (χ3v) is 5.44. The van der Waals surface area contributed by atoms with Gasteiger partial charge >= 0.3 is 0 Å². The van der Waals surface area contributed by atoms with Gasteiger partial charge in [0, 0.05) is 32.1 Å². The molecule has 0 spiro atoms.